The van der Waals surface area contributed by atoms with Crippen molar-refractivity contribution >= 4 is 17.6 Å². The number of rotatable bonds is 7. The monoisotopic (exact) mass is 416 g/mol. The third-order valence-electron chi connectivity index (χ3n) is 5.37. The van der Waals surface area contributed by atoms with Gasteiger partial charge in [0.1, 0.15) is 0 Å². The van der Waals surface area contributed by atoms with Crippen molar-refractivity contribution in [1.82, 2.24) is 20.9 Å². The maximum atomic E-state index is 11.6. The van der Waals surface area contributed by atoms with Gasteiger partial charge in [-0.1, -0.05) is 26.0 Å². The molecule has 0 aliphatic carbocycles. The molecule has 1 amide bonds. The van der Waals surface area contributed by atoms with Gasteiger partial charge >= 0.3 is 0 Å². The minimum Gasteiger partial charge on any atom is -0.374 e. The molecule has 166 valence electrons. The maximum absolute atomic E-state index is 11.6. The molecule has 0 bridgehead atoms. The summed E-state index contributed by atoms with van der Waals surface area (Å²) in [5.41, 5.74) is 2.25. The van der Waals surface area contributed by atoms with Crippen LogP contribution in [0.5, 0.6) is 0 Å². The molecule has 1 atom stereocenters. The highest BCUT2D eigenvalue weighted by Crippen LogP contribution is 2.16. The highest BCUT2D eigenvalue weighted by atomic mass is 16.5. The summed E-state index contributed by atoms with van der Waals surface area (Å²) in [5.74, 6) is 1.53. The predicted octanol–water partition coefficient (Wildman–Crippen LogP) is 0.645. The lowest BCUT2D eigenvalue weighted by atomic mass is 10.2. The highest BCUT2D eigenvalue weighted by molar-refractivity contribution is 5.82. The topological polar surface area (TPSA) is 81.2 Å². The summed E-state index contributed by atoms with van der Waals surface area (Å²) in [7, 11) is 1.78. The zero-order valence-corrected chi connectivity index (χ0v) is 18.5. The van der Waals surface area contributed by atoms with Gasteiger partial charge < -0.3 is 25.6 Å². The standard InChI is InChI=1S/C22H36N6O2/c1-17(2)14-27-10-11-30-20(15-27)13-26-22(23-3)25-12-18-4-6-19(7-5-18)28-9-8-24-21(29)16-28/h4-7,17,20H,8-16H2,1-3H3,(H,24,29)(H2,23,25,26). The summed E-state index contributed by atoms with van der Waals surface area (Å²) in [6.07, 6.45) is 0.178. The van der Waals surface area contributed by atoms with Crippen molar-refractivity contribution in [2.75, 3.05) is 64.4 Å². The summed E-state index contributed by atoms with van der Waals surface area (Å²) in [4.78, 5) is 20.5. The van der Waals surface area contributed by atoms with Gasteiger partial charge in [-0.25, -0.2) is 0 Å². The molecule has 8 heteroatoms. The van der Waals surface area contributed by atoms with Crippen LogP contribution in [-0.2, 0) is 16.1 Å². The number of amides is 1. The van der Waals surface area contributed by atoms with Crippen LogP contribution in [0.4, 0.5) is 5.69 Å². The quantitative estimate of drug-likeness (QED) is 0.447. The number of guanidine groups is 1. The van der Waals surface area contributed by atoms with Crippen molar-refractivity contribution in [3.05, 3.63) is 29.8 Å². The van der Waals surface area contributed by atoms with Crippen LogP contribution in [0.3, 0.4) is 0 Å². The first-order chi connectivity index (χ1) is 14.5. The number of anilines is 1. The number of carbonyl (C=O) groups is 1. The molecule has 30 heavy (non-hydrogen) atoms. The van der Waals surface area contributed by atoms with Crippen molar-refractivity contribution < 1.29 is 9.53 Å². The molecule has 2 aliphatic rings. The van der Waals surface area contributed by atoms with Gasteiger partial charge in [-0.2, -0.15) is 0 Å². The normalized spacial score (nSPS) is 20.9. The van der Waals surface area contributed by atoms with Gasteiger partial charge in [-0.05, 0) is 23.6 Å². The lowest BCUT2D eigenvalue weighted by Gasteiger charge is -2.34. The minimum absolute atomic E-state index is 0.0798. The summed E-state index contributed by atoms with van der Waals surface area (Å²) in [5, 5.41) is 9.61. The van der Waals surface area contributed by atoms with Gasteiger partial charge in [-0.15, -0.1) is 0 Å². The number of nitrogens with one attached hydrogen (secondary N) is 3. The van der Waals surface area contributed by atoms with Crippen LogP contribution in [-0.4, -0.2) is 82.3 Å². The molecule has 0 saturated carbocycles. The fourth-order valence-corrected chi connectivity index (χ4v) is 3.89. The van der Waals surface area contributed by atoms with Crippen molar-refractivity contribution in [1.29, 1.82) is 0 Å². The Morgan fingerprint density at radius 1 is 1.27 bits per heavy atom. The Hall–Kier alpha value is -2.32. The van der Waals surface area contributed by atoms with Gasteiger partial charge in [0.15, 0.2) is 5.96 Å². The van der Waals surface area contributed by atoms with Crippen LogP contribution in [0.1, 0.15) is 19.4 Å². The van der Waals surface area contributed by atoms with Crippen molar-refractivity contribution in [2.45, 2.75) is 26.5 Å². The molecule has 0 radical (unpaired) electrons. The van der Waals surface area contributed by atoms with Gasteiger partial charge in [0.2, 0.25) is 5.91 Å². The first kappa shape index (κ1) is 22.4. The maximum Gasteiger partial charge on any atom is 0.239 e. The Labute approximate surface area is 180 Å². The lowest BCUT2D eigenvalue weighted by Crippen LogP contribution is -2.50. The van der Waals surface area contributed by atoms with E-state index < -0.39 is 0 Å². The zero-order valence-electron chi connectivity index (χ0n) is 18.5. The summed E-state index contributed by atoms with van der Waals surface area (Å²) < 4.78 is 5.91. The summed E-state index contributed by atoms with van der Waals surface area (Å²) in [6.45, 7) is 11.8. The first-order valence-corrected chi connectivity index (χ1v) is 10.9. The van der Waals surface area contributed by atoms with E-state index in [2.05, 4.69) is 68.9 Å². The number of ether oxygens (including phenoxy) is 1. The number of piperazine rings is 1. The van der Waals surface area contributed by atoms with E-state index in [-0.39, 0.29) is 12.0 Å². The number of hydrogen-bond donors (Lipinski definition) is 3. The second kappa shape index (κ2) is 11.2. The van der Waals surface area contributed by atoms with E-state index in [4.69, 9.17) is 4.74 Å². The van der Waals surface area contributed by atoms with Crippen LogP contribution < -0.4 is 20.9 Å². The number of morpholine rings is 1. The Bertz CT molecular complexity index is 706. The molecule has 2 heterocycles. The molecular formula is C22H36N6O2. The average molecular weight is 417 g/mol. The molecule has 0 aromatic heterocycles. The van der Waals surface area contributed by atoms with Crippen molar-refractivity contribution in [3.63, 3.8) is 0 Å². The number of aliphatic imine (C=N–C) groups is 1. The fraction of sp³-hybridized carbons (Fsp3) is 0.636. The molecule has 1 unspecified atom stereocenters. The number of benzene rings is 1. The van der Waals surface area contributed by atoms with Crippen LogP contribution in [0.15, 0.2) is 29.3 Å². The van der Waals surface area contributed by atoms with Crippen molar-refractivity contribution in [3.8, 4) is 0 Å². The second-order valence-corrected chi connectivity index (χ2v) is 8.39. The van der Waals surface area contributed by atoms with E-state index in [1.165, 1.54) is 5.56 Å². The lowest BCUT2D eigenvalue weighted by molar-refractivity contribution is -0.120. The molecule has 1 aromatic carbocycles. The van der Waals surface area contributed by atoms with E-state index in [9.17, 15) is 4.79 Å². The van der Waals surface area contributed by atoms with Gasteiger partial charge in [-0.3, -0.25) is 14.7 Å². The van der Waals surface area contributed by atoms with E-state index in [1.807, 2.05) is 0 Å². The smallest absolute Gasteiger partial charge is 0.239 e. The summed E-state index contributed by atoms with van der Waals surface area (Å²) in [6, 6.07) is 8.34. The Morgan fingerprint density at radius 2 is 2.07 bits per heavy atom. The molecule has 2 saturated heterocycles. The molecule has 8 nitrogen and oxygen atoms in total. The van der Waals surface area contributed by atoms with E-state index in [0.717, 1.165) is 51.0 Å². The van der Waals surface area contributed by atoms with E-state index >= 15 is 0 Å². The first-order valence-electron chi connectivity index (χ1n) is 10.9. The zero-order chi connectivity index (χ0) is 21.3. The number of hydrogen-bond acceptors (Lipinski definition) is 5. The molecule has 3 N–H and O–H groups in total. The average Bonchev–Trinajstić information content (AvgIpc) is 2.74. The second-order valence-electron chi connectivity index (χ2n) is 8.39. The third kappa shape index (κ3) is 6.88. The predicted molar refractivity (Wildman–Crippen MR) is 121 cm³/mol. The number of carbonyl (C=O) groups excluding carboxylic acids is 1. The van der Waals surface area contributed by atoms with Crippen molar-refractivity contribution in [2.24, 2.45) is 10.9 Å². The van der Waals surface area contributed by atoms with E-state index in [1.54, 1.807) is 7.05 Å². The Balaban J connectivity index is 1.42. The van der Waals surface area contributed by atoms with E-state index in [0.29, 0.717) is 25.6 Å². The molecule has 3 rings (SSSR count). The minimum atomic E-state index is 0.0798. The molecule has 1 aromatic rings. The summed E-state index contributed by atoms with van der Waals surface area (Å²) >= 11 is 0. The molecular weight excluding hydrogens is 380 g/mol. The Kier molecular flexibility index (Phi) is 8.33. The number of nitrogens with zero attached hydrogens (tertiary/aromatic N) is 3. The van der Waals surface area contributed by atoms with Gasteiger partial charge in [0, 0.05) is 58.5 Å². The SMILES string of the molecule is CN=C(NCc1ccc(N2CCNC(=O)C2)cc1)NCC1CN(CC(C)C)CCO1. The van der Waals surface area contributed by atoms with Crippen LogP contribution in [0.2, 0.25) is 0 Å². The molecule has 2 fully saturated rings. The highest BCUT2D eigenvalue weighted by Gasteiger charge is 2.21. The fourth-order valence-electron chi connectivity index (χ4n) is 3.89. The van der Waals surface area contributed by atoms with Gasteiger partial charge in [0.25, 0.3) is 0 Å². The Morgan fingerprint density at radius 3 is 2.77 bits per heavy atom. The molecule has 2 aliphatic heterocycles. The third-order valence-corrected chi connectivity index (χ3v) is 5.37. The molecule has 0 spiro atoms. The van der Waals surface area contributed by atoms with Crippen LogP contribution >= 0.6 is 0 Å². The van der Waals surface area contributed by atoms with Gasteiger partial charge in [0.05, 0.1) is 19.3 Å². The van der Waals surface area contributed by atoms with Crippen LogP contribution in [0, 0.1) is 5.92 Å². The van der Waals surface area contributed by atoms with Crippen LogP contribution in [0.25, 0.3) is 0 Å². The largest absolute Gasteiger partial charge is 0.374 e.